The first kappa shape index (κ1) is 18.5. The number of para-hydroxylation sites is 1. The van der Waals surface area contributed by atoms with Crippen molar-refractivity contribution < 1.29 is 9.59 Å². The molecule has 0 aromatic heterocycles. The van der Waals surface area contributed by atoms with Crippen molar-refractivity contribution in [2.24, 2.45) is 4.99 Å². The van der Waals surface area contributed by atoms with Gasteiger partial charge in [-0.1, -0.05) is 47.6 Å². The van der Waals surface area contributed by atoms with Crippen LogP contribution in [0.25, 0.3) is 0 Å². The topological polar surface area (TPSA) is 70.6 Å². The van der Waals surface area contributed by atoms with E-state index in [4.69, 9.17) is 11.6 Å². The van der Waals surface area contributed by atoms with Crippen molar-refractivity contribution in [2.75, 3.05) is 5.32 Å². The third-order valence-electron chi connectivity index (χ3n) is 3.88. The van der Waals surface area contributed by atoms with E-state index in [9.17, 15) is 9.59 Å². The molecule has 26 heavy (non-hydrogen) atoms. The van der Waals surface area contributed by atoms with E-state index in [1.807, 2.05) is 32.0 Å². The molecule has 7 heteroatoms. The van der Waals surface area contributed by atoms with Gasteiger partial charge in [0.15, 0.2) is 5.17 Å². The number of nitrogens with zero attached hydrogens (tertiary/aromatic N) is 1. The van der Waals surface area contributed by atoms with Gasteiger partial charge in [0.05, 0.1) is 16.4 Å². The predicted octanol–water partition coefficient (Wildman–Crippen LogP) is 4.20. The summed E-state index contributed by atoms with van der Waals surface area (Å²) >= 11 is 7.30. The molecule has 0 spiro atoms. The third-order valence-corrected chi connectivity index (χ3v) is 5.29. The minimum atomic E-state index is -0.513. The highest BCUT2D eigenvalue weighted by Crippen LogP contribution is 2.28. The second-order valence-corrected chi connectivity index (χ2v) is 7.63. The van der Waals surface area contributed by atoms with Crippen LogP contribution < -0.4 is 10.6 Å². The highest BCUT2D eigenvalue weighted by Gasteiger charge is 2.32. The molecular weight excluding hydrogens is 370 g/mol. The first-order valence-electron chi connectivity index (χ1n) is 8.10. The van der Waals surface area contributed by atoms with Crippen LogP contribution in [0.2, 0.25) is 5.02 Å². The number of anilines is 1. The molecule has 0 radical (unpaired) electrons. The van der Waals surface area contributed by atoms with E-state index >= 15 is 0 Å². The van der Waals surface area contributed by atoms with Crippen molar-refractivity contribution in [1.29, 1.82) is 0 Å². The lowest BCUT2D eigenvalue weighted by atomic mass is 10.1. The molecule has 1 heterocycles. The first-order chi connectivity index (χ1) is 12.4. The molecule has 0 bridgehead atoms. The highest BCUT2D eigenvalue weighted by atomic mass is 35.5. The number of benzene rings is 2. The van der Waals surface area contributed by atoms with Crippen LogP contribution in [0, 0.1) is 13.8 Å². The largest absolute Gasteiger partial charge is 0.325 e. The molecule has 0 saturated carbocycles. The van der Waals surface area contributed by atoms with E-state index in [0.717, 1.165) is 16.8 Å². The molecule has 1 aliphatic heterocycles. The molecule has 3 rings (SSSR count). The van der Waals surface area contributed by atoms with Crippen LogP contribution in [-0.4, -0.2) is 22.2 Å². The number of hydrogen-bond donors (Lipinski definition) is 2. The van der Waals surface area contributed by atoms with E-state index in [1.165, 1.54) is 11.8 Å². The predicted molar refractivity (Wildman–Crippen MR) is 107 cm³/mol. The van der Waals surface area contributed by atoms with Crippen molar-refractivity contribution in [2.45, 2.75) is 25.5 Å². The minimum absolute atomic E-state index is 0.0491. The molecule has 0 unspecified atom stereocenters. The summed E-state index contributed by atoms with van der Waals surface area (Å²) in [4.78, 5) is 28.9. The summed E-state index contributed by atoms with van der Waals surface area (Å²) in [5.41, 5.74) is 3.47. The lowest BCUT2D eigenvalue weighted by molar-refractivity contribution is -0.122. The lowest BCUT2D eigenvalue weighted by Crippen LogP contribution is -2.28. The van der Waals surface area contributed by atoms with Crippen molar-refractivity contribution >= 4 is 51.7 Å². The summed E-state index contributed by atoms with van der Waals surface area (Å²) in [6, 6.07) is 13.0. The van der Waals surface area contributed by atoms with Crippen molar-refractivity contribution in [3.63, 3.8) is 0 Å². The fourth-order valence-corrected chi connectivity index (χ4v) is 3.64. The number of aryl methyl sites for hydroxylation is 2. The number of thioether (sulfide) groups is 1. The fourth-order valence-electron chi connectivity index (χ4n) is 2.47. The highest BCUT2D eigenvalue weighted by molar-refractivity contribution is 8.15. The lowest BCUT2D eigenvalue weighted by Gasteiger charge is -2.08. The van der Waals surface area contributed by atoms with Gasteiger partial charge in [-0.05, 0) is 43.2 Å². The van der Waals surface area contributed by atoms with E-state index < -0.39 is 5.25 Å². The summed E-state index contributed by atoms with van der Waals surface area (Å²) in [5, 5.41) is 5.94. The maximum Gasteiger partial charge on any atom is 0.240 e. The number of amidine groups is 1. The fraction of sp³-hybridized carbons (Fsp3) is 0.211. The van der Waals surface area contributed by atoms with Crippen molar-refractivity contribution in [1.82, 2.24) is 5.32 Å². The molecular formula is C19H18ClN3O2S. The van der Waals surface area contributed by atoms with E-state index in [-0.39, 0.29) is 18.2 Å². The van der Waals surface area contributed by atoms with E-state index in [0.29, 0.717) is 15.9 Å². The zero-order valence-electron chi connectivity index (χ0n) is 14.4. The Morgan fingerprint density at radius 3 is 2.81 bits per heavy atom. The normalized spacial score (nSPS) is 18.0. The summed E-state index contributed by atoms with van der Waals surface area (Å²) in [7, 11) is 0. The Balaban J connectivity index is 1.66. The zero-order valence-corrected chi connectivity index (χ0v) is 15.9. The summed E-state index contributed by atoms with van der Waals surface area (Å²) < 4.78 is 0. The molecule has 2 amide bonds. The number of aliphatic imine (C=N–C) groups is 1. The molecule has 2 N–H and O–H groups in total. The smallest absolute Gasteiger partial charge is 0.240 e. The number of carbonyl (C=O) groups is 2. The van der Waals surface area contributed by atoms with Gasteiger partial charge in [0.2, 0.25) is 11.8 Å². The summed E-state index contributed by atoms with van der Waals surface area (Å²) in [6.07, 6.45) is 0.0491. The molecule has 2 aromatic carbocycles. The summed E-state index contributed by atoms with van der Waals surface area (Å²) in [6.45, 7) is 3.96. The number of carbonyl (C=O) groups excluding carboxylic acids is 2. The van der Waals surface area contributed by atoms with Gasteiger partial charge in [-0.2, -0.15) is 0 Å². The van der Waals surface area contributed by atoms with Crippen LogP contribution in [0.15, 0.2) is 47.5 Å². The van der Waals surface area contributed by atoms with Crippen LogP contribution in [0.3, 0.4) is 0 Å². The maximum atomic E-state index is 12.2. The van der Waals surface area contributed by atoms with Crippen LogP contribution in [0.1, 0.15) is 17.5 Å². The average molecular weight is 388 g/mol. The van der Waals surface area contributed by atoms with Crippen LogP contribution in [-0.2, 0) is 9.59 Å². The van der Waals surface area contributed by atoms with Gasteiger partial charge >= 0.3 is 0 Å². The zero-order chi connectivity index (χ0) is 18.7. The van der Waals surface area contributed by atoms with Gasteiger partial charge in [0, 0.05) is 6.42 Å². The monoisotopic (exact) mass is 387 g/mol. The molecule has 1 atom stereocenters. The first-order valence-corrected chi connectivity index (χ1v) is 9.36. The molecule has 0 aliphatic carbocycles. The Hall–Kier alpha value is -2.31. The van der Waals surface area contributed by atoms with Gasteiger partial charge in [0.25, 0.3) is 0 Å². The average Bonchev–Trinajstić information content (AvgIpc) is 2.92. The van der Waals surface area contributed by atoms with Gasteiger partial charge < -0.3 is 10.6 Å². The molecule has 1 saturated heterocycles. The molecule has 1 fully saturated rings. The number of hydrogen-bond acceptors (Lipinski definition) is 4. The van der Waals surface area contributed by atoms with Crippen molar-refractivity contribution in [3.8, 4) is 0 Å². The quantitative estimate of drug-likeness (QED) is 0.825. The Labute approximate surface area is 161 Å². The second kappa shape index (κ2) is 7.93. The van der Waals surface area contributed by atoms with E-state index in [1.54, 1.807) is 24.3 Å². The minimum Gasteiger partial charge on any atom is -0.325 e. The SMILES string of the molecule is Cc1ccc(C)c(N=C2NC(=O)[C@@H](CC(=O)Nc3ccccc3Cl)S2)c1. The van der Waals surface area contributed by atoms with Crippen LogP contribution >= 0.6 is 23.4 Å². The standard InChI is InChI=1S/C19H18ClN3O2S/c1-11-7-8-12(2)15(9-11)22-19-23-18(25)16(26-19)10-17(24)21-14-6-4-3-5-13(14)20/h3-9,16H,10H2,1-2H3,(H,21,24)(H,22,23,25)/t16-/m1/s1. The number of halogens is 1. The van der Waals surface area contributed by atoms with Gasteiger partial charge in [-0.25, -0.2) is 4.99 Å². The second-order valence-electron chi connectivity index (χ2n) is 6.03. The Morgan fingerprint density at radius 1 is 1.27 bits per heavy atom. The maximum absolute atomic E-state index is 12.2. The van der Waals surface area contributed by atoms with Crippen molar-refractivity contribution in [3.05, 3.63) is 58.6 Å². The Bertz CT molecular complexity index is 898. The molecule has 1 aliphatic rings. The Kier molecular flexibility index (Phi) is 5.64. The van der Waals surface area contributed by atoms with Crippen LogP contribution in [0.4, 0.5) is 11.4 Å². The summed E-state index contributed by atoms with van der Waals surface area (Å²) in [5.74, 6) is -0.480. The van der Waals surface area contributed by atoms with Gasteiger partial charge in [-0.15, -0.1) is 0 Å². The van der Waals surface area contributed by atoms with E-state index in [2.05, 4.69) is 15.6 Å². The third kappa shape index (κ3) is 4.45. The number of nitrogens with one attached hydrogen (secondary N) is 2. The number of amides is 2. The molecule has 134 valence electrons. The van der Waals surface area contributed by atoms with Gasteiger partial charge in [0.1, 0.15) is 5.25 Å². The number of rotatable bonds is 4. The molecule has 5 nitrogen and oxygen atoms in total. The van der Waals surface area contributed by atoms with Gasteiger partial charge in [-0.3, -0.25) is 9.59 Å². The van der Waals surface area contributed by atoms with Crippen LogP contribution in [0.5, 0.6) is 0 Å². The molecule has 2 aromatic rings. The Morgan fingerprint density at radius 2 is 2.04 bits per heavy atom.